The number of ether oxygens (including phenoxy) is 1. The Morgan fingerprint density at radius 2 is 1.81 bits per heavy atom. The summed E-state index contributed by atoms with van der Waals surface area (Å²) in [7, 11) is 0. The van der Waals surface area contributed by atoms with Crippen molar-refractivity contribution in [1.29, 1.82) is 0 Å². The molecule has 2 heterocycles. The van der Waals surface area contributed by atoms with Crippen LogP contribution in [0, 0.1) is 0 Å². The summed E-state index contributed by atoms with van der Waals surface area (Å²) >= 11 is 0. The van der Waals surface area contributed by atoms with E-state index in [4.69, 9.17) is 4.74 Å². The maximum absolute atomic E-state index is 13.0. The molecule has 2 N–H and O–H groups in total. The van der Waals surface area contributed by atoms with Crippen LogP contribution in [0.1, 0.15) is 61.0 Å². The minimum Gasteiger partial charge on any atom is -0.872 e. The molecule has 0 unspecified atom stereocenters. The summed E-state index contributed by atoms with van der Waals surface area (Å²) < 4.78 is 6.05. The molecule has 0 saturated carbocycles. The van der Waals surface area contributed by atoms with E-state index in [2.05, 4.69) is 18.8 Å². The molecule has 1 aliphatic rings. The maximum atomic E-state index is 13.0. The summed E-state index contributed by atoms with van der Waals surface area (Å²) in [4.78, 5) is 17.6. The predicted molar refractivity (Wildman–Crippen MR) is 121 cm³/mol. The van der Waals surface area contributed by atoms with Gasteiger partial charge in [-0.3, -0.25) is 4.79 Å². The highest BCUT2D eigenvalue weighted by Gasteiger charge is 2.31. The Morgan fingerprint density at radius 3 is 2.55 bits per heavy atom. The van der Waals surface area contributed by atoms with Gasteiger partial charge in [-0.2, -0.15) is 0 Å². The minimum atomic E-state index is -0.162. The number of hydrogen-bond acceptors (Lipinski definition) is 3. The van der Waals surface area contributed by atoms with Gasteiger partial charge in [-0.1, -0.05) is 56.7 Å². The van der Waals surface area contributed by atoms with Crippen molar-refractivity contribution in [2.75, 3.05) is 13.1 Å². The number of aromatic amines is 1. The van der Waals surface area contributed by atoms with Crippen molar-refractivity contribution in [3.8, 4) is 11.5 Å². The van der Waals surface area contributed by atoms with Gasteiger partial charge >= 0.3 is 0 Å². The number of unbranched alkanes of at least 4 members (excludes halogenated alkanes) is 2. The number of aromatic nitrogens is 1. The van der Waals surface area contributed by atoms with Gasteiger partial charge in [-0.05, 0) is 31.1 Å². The number of carbonyl (C=O) groups excluding carboxylic acids is 1. The van der Waals surface area contributed by atoms with Gasteiger partial charge in [0.15, 0.2) is 5.76 Å². The van der Waals surface area contributed by atoms with Crippen molar-refractivity contribution >= 4 is 22.8 Å². The maximum Gasteiger partial charge on any atom is 0.231 e. The molecule has 0 amide bonds. The fourth-order valence-electron chi connectivity index (χ4n) is 4.22. The monoisotopic (exact) mass is 418 g/mol. The van der Waals surface area contributed by atoms with Crippen molar-refractivity contribution in [3.63, 3.8) is 0 Å². The van der Waals surface area contributed by atoms with E-state index in [1.807, 2.05) is 30.5 Å². The number of ketones is 1. The molecule has 0 radical (unpaired) electrons. The molecule has 162 valence electrons. The average molecular weight is 419 g/mol. The van der Waals surface area contributed by atoms with Gasteiger partial charge in [0, 0.05) is 28.2 Å². The molecule has 1 aromatic heterocycles. The average Bonchev–Trinajstić information content (AvgIpc) is 3.33. The van der Waals surface area contributed by atoms with E-state index in [0.717, 1.165) is 55.2 Å². The number of rotatable bonds is 9. The zero-order chi connectivity index (χ0) is 21.8. The molecule has 0 fully saturated rings. The topological polar surface area (TPSA) is 69.6 Å². The largest absolute Gasteiger partial charge is 0.872 e. The molecule has 2 aromatic carbocycles. The van der Waals surface area contributed by atoms with Crippen molar-refractivity contribution < 1.29 is 19.5 Å². The second-order valence-electron chi connectivity index (χ2n) is 8.28. The van der Waals surface area contributed by atoms with E-state index in [1.54, 1.807) is 12.1 Å². The number of carbonyl (C=O) groups is 1. The van der Waals surface area contributed by atoms with Crippen molar-refractivity contribution in [3.05, 3.63) is 65.0 Å². The number of benzene rings is 2. The van der Waals surface area contributed by atoms with Gasteiger partial charge in [0.25, 0.3) is 0 Å². The molecule has 0 bridgehead atoms. The molecular formula is C26H30N2O3. The lowest BCUT2D eigenvalue weighted by molar-refractivity contribution is -0.914. The van der Waals surface area contributed by atoms with E-state index in [9.17, 15) is 9.90 Å². The third-order valence-corrected chi connectivity index (χ3v) is 6.00. The number of allylic oxidation sites excluding steroid dienone is 1. The molecule has 5 heteroatoms. The summed E-state index contributed by atoms with van der Waals surface area (Å²) in [6.07, 6.45) is 8.13. The fraction of sp³-hybridized carbons (Fsp3) is 0.346. The first-order chi connectivity index (χ1) is 15.1. The van der Waals surface area contributed by atoms with Crippen LogP contribution in [0.5, 0.6) is 11.5 Å². The smallest absolute Gasteiger partial charge is 0.231 e. The standard InChI is InChI=1S/C26H30N2O3/c1-3-5-13-28(14-6-4-2)17-21-23(29)12-11-20-25(30)24(31-26(20)21)15-18-16-27-22-10-8-7-9-19(18)22/h7-12,15-16,27,29H,3-6,13-14,17H2,1-2H3/b24-15-. The number of Topliss-reactive ketones (excluding diaryl/α,β-unsaturated/α-hetero) is 1. The van der Waals surface area contributed by atoms with Crippen molar-refractivity contribution in [1.82, 2.24) is 4.98 Å². The Labute approximate surface area is 183 Å². The van der Waals surface area contributed by atoms with Crippen LogP contribution >= 0.6 is 0 Å². The highest BCUT2D eigenvalue weighted by Crippen LogP contribution is 2.38. The van der Waals surface area contributed by atoms with Gasteiger partial charge in [0.1, 0.15) is 12.3 Å². The van der Waals surface area contributed by atoms with Crippen LogP contribution < -0.4 is 14.7 Å². The summed E-state index contributed by atoms with van der Waals surface area (Å²) in [5.74, 6) is 0.514. The number of hydrogen-bond donors (Lipinski definition) is 2. The van der Waals surface area contributed by atoms with E-state index < -0.39 is 0 Å². The first-order valence-electron chi connectivity index (χ1n) is 11.3. The van der Waals surface area contributed by atoms with E-state index in [1.165, 1.54) is 11.0 Å². The van der Waals surface area contributed by atoms with Crippen LogP contribution in [-0.4, -0.2) is 23.9 Å². The lowest BCUT2D eigenvalue weighted by Crippen LogP contribution is -3.10. The summed E-state index contributed by atoms with van der Waals surface area (Å²) in [5.41, 5.74) is 3.01. The second-order valence-corrected chi connectivity index (χ2v) is 8.28. The normalized spacial score (nSPS) is 14.5. The van der Waals surface area contributed by atoms with Gasteiger partial charge < -0.3 is 19.7 Å². The Kier molecular flexibility index (Phi) is 6.42. The van der Waals surface area contributed by atoms with Crippen LogP contribution in [0.3, 0.4) is 0 Å². The quantitative estimate of drug-likeness (QED) is 0.519. The van der Waals surface area contributed by atoms with E-state index >= 15 is 0 Å². The van der Waals surface area contributed by atoms with Gasteiger partial charge in [0.05, 0.1) is 18.7 Å². The fourth-order valence-corrected chi connectivity index (χ4v) is 4.22. The molecule has 0 aliphatic carbocycles. The van der Waals surface area contributed by atoms with Crippen LogP contribution in [0.15, 0.2) is 48.4 Å². The first kappa shape index (κ1) is 21.2. The van der Waals surface area contributed by atoms with Gasteiger partial charge in [-0.15, -0.1) is 0 Å². The molecular weight excluding hydrogens is 388 g/mol. The van der Waals surface area contributed by atoms with E-state index in [0.29, 0.717) is 23.4 Å². The third kappa shape index (κ3) is 4.37. The molecule has 0 atom stereocenters. The number of quaternary nitrogens is 1. The lowest BCUT2D eigenvalue weighted by Gasteiger charge is -2.23. The van der Waals surface area contributed by atoms with Crippen LogP contribution in [-0.2, 0) is 6.54 Å². The lowest BCUT2D eigenvalue weighted by atomic mass is 10.0. The number of fused-ring (bicyclic) bond motifs is 2. The van der Waals surface area contributed by atoms with Crippen molar-refractivity contribution in [2.24, 2.45) is 0 Å². The summed E-state index contributed by atoms with van der Waals surface area (Å²) in [6, 6.07) is 11.1. The Hall–Kier alpha value is -3.05. The Balaban J connectivity index is 1.64. The molecule has 31 heavy (non-hydrogen) atoms. The van der Waals surface area contributed by atoms with Gasteiger partial charge in [0.2, 0.25) is 5.78 Å². The van der Waals surface area contributed by atoms with Crippen LogP contribution in [0.2, 0.25) is 0 Å². The molecule has 1 aliphatic heterocycles. The predicted octanol–water partition coefficient (Wildman–Crippen LogP) is 3.84. The molecule has 3 aromatic rings. The molecule has 5 nitrogen and oxygen atoms in total. The second kappa shape index (κ2) is 9.40. The Bertz CT molecular complexity index is 1110. The highest BCUT2D eigenvalue weighted by atomic mass is 16.5. The van der Waals surface area contributed by atoms with Crippen molar-refractivity contribution in [2.45, 2.75) is 46.1 Å². The molecule has 0 spiro atoms. The SMILES string of the molecule is CCCC[NH+](CCCC)Cc1c([O-])ccc2c1O/C(=C\c1c[nH]c3ccccc13)C2=O. The number of para-hydroxylation sites is 1. The number of H-pyrrole nitrogens is 1. The summed E-state index contributed by atoms with van der Waals surface area (Å²) in [5, 5.41) is 13.8. The minimum absolute atomic E-state index is 0.0506. The third-order valence-electron chi connectivity index (χ3n) is 6.00. The van der Waals surface area contributed by atoms with E-state index in [-0.39, 0.29) is 17.3 Å². The van der Waals surface area contributed by atoms with Crippen LogP contribution in [0.4, 0.5) is 0 Å². The zero-order valence-electron chi connectivity index (χ0n) is 18.3. The highest BCUT2D eigenvalue weighted by molar-refractivity contribution is 6.15. The van der Waals surface area contributed by atoms with Crippen LogP contribution in [0.25, 0.3) is 17.0 Å². The number of nitrogens with one attached hydrogen (secondary N) is 2. The molecule has 4 rings (SSSR count). The zero-order valence-corrected chi connectivity index (χ0v) is 18.3. The Morgan fingerprint density at radius 1 is 1.06 bits per heavy atom. The van der Waals surface area contributed by atoms with Gasteiger partial charge in [-0.25, -0.2) is 0 Å². The first-order valence-corrected chi connectivity index (χ1v) is 11.3. The summed E-state index contributed by atoms with van der Waals surface area (Å²) in [6.45, 7) is 6.99. The molecule has 0 saturated heterocycles.